The SMILES string of the molecule is C.CC.CC.CC.CCc1ccc(C(C)C)cc1.CCc1cccc(C(C)C)c1.CCc1ccccc1C(C)C. The summed E-state index contributed by atoms with van der Waals surface area (Å²) in [7, 11) is 0. The molecule has 0 unspecified atom stereocenters. The second kappa shape index (κ2) is 29.6. The first kappa shape index (κ1) is 44.7. The Morgan fingerprint density at radius 2 is 0.925 bits per heavy atom. The molecule has 3 aromatic carbocycles. The fraction of sp³-hybridized carbons (Fsp3) is 0.550. The molecular weight excluding hydrogens is 480 g/mol. The van der Waals surface area contributed by atoms with Crippen LogP contribution in [0.3, 0.4) is 0 Å². The minimum absolute atomic E-state index is 0. The van der Waals surface area contributed by atoms with Crippen molar-refractivity contribution in [2.75, 3.05) is 0 Å². The Balaban J connectivity index is -0.000000219. The van der Waals surface area contributed by atoms with Crippen molar-refractivity contribution >= 4 is 0 Å². The average molecular weight is 551 g/mol. The van der Waals surface area contributed by atoms with E-state index in [0.29, 0.717) is 17.8 Å². The summed E-state index contributed by atoms with van der Waals surface area (Å²) in [6.45, 7) is 32.0. The molecule has 0 radical (unpaired) electrons. The second-order valence-electron chi connectivity index (χ2n) is 9.71. The molecule has 0 nitrogen and oxygen atoms in total. The summed E-state index contributed by atoms with van der Waals surface area (Å²) >= 11 is 0. The molecule has 0 fully saturated rings. The van der Waals surface area contributed by atoms with Gasteiger partial charge in [0.15, 0.2) is 0 Å². The topological polar surface area (TPSA) is 0 Å². The van der Waals surface area contributed by atoms with Crippen LogP contribution in [-0.2, 0) is 19.3 Å². The Morgan fingerprint density at radius 1 is 0.450 bits per heavy atom. The minimum atomic E-state index is 0. The number of hydrogen-bond acceptors (Lipinski definition) is 0. The summed E-state index contributed by atoms with van der Waals surface area (Å²) in [5, 5.41) is 0. The van der Waals surface area contributed by atoms with E-state index in [1.165, 1.54) is 33.4 Å². The van der Waals surface area contributed by atoms with Gasteiger partial charge in [0.2, 0.25) is 0 Å². The van der Waals surface area contributed by atoms with Crippen molar-refractivity contribution in [3.63, 3.8) is 0 Å². The van der Waals surface area contributed by atoms with Gasteiger partial charge < -0.3 is 0 Å². The largest absolute Gasteiger partial charge is 0.0776 e. The average Bonchev–Trinajstić information content (AvgIpc) is 3.00. The van der Waals surface area contributed by atoms with Crippen LogP contribution in [0.5, 0.6) is 0 Å². The Kier molecular flexibility index (Phi) is 33.1. The van der Waals surface area contributed by atoms with Crippen LogP contribution in [0.25, 0.3) is 0 Å². The number of hydrogen-bond donors (Lipinski definition) is 0. The molecule has 3 aromatic rings. The van der Waals surface area contributed by atoms with E-state index in [-0.39, 0.29) is 7.43 Å². The Bertz CT molecular complexity index is 897. The molecule has 230 valence electrons. The third kappa shape index (κ3) is 19.7. The van der Waals surface area contributed by atoms with Gasteiger partial charge in [-0.3, -0.25) is 0 Å². The highest BCUT2D eigenvalue weighted by Gasteiger charge is 2.02. The van der Waals surface area contributed by atoms with Crippen molar-refractivity contribution < 1.29 is 0 Å². The molecule has 0 aliphatic rings. The van der Waals surface area contributed by atoms with Crippen LogP contribution in [0, 0.1) is 0 Å². The lowest BCUT2D eigenvalue weighted by molar-refractivity contribution is 0.844. The van der Waals surface area contributed by atoms with Crippen LogP contribution in [0.15, 0.2) is 72.8 Å². The van der Waals surface area contributed by atoms with Gasteiger partial charge in [-0.15, -0.1) is 0 Å². The molecule has 0 aliphatic heterocycles. The molecule has 0 amide bonds. The Labute approximate surface area is 254 Å². The van der Waals surface area contributed by atoms with Gasteiger partial charge in [-0.1, -0.05) is 184 Å². The van der Waals surface area contributed by atoms with E-state index in [0.717, 1.165) is 19.3 Å². The smallest absolute Gasteiger partial charge is 0.0216 e. The monoisotopic (exact) mass is 551 g/mol. The standard InChI is InChI=1S/3C11H16.3C2H6.CH4/c1-4-10-5-7-11(8-6-10)9(2)3;1-4-10-6-5-7-11(8-10)9(2)3;1-4-10-7-5-6-8-11(10)9(2)3;3*1-2;/h3*5-9H,4H2,1-3H3;3*1-2H3;1H4. The zero-order chi connectivity index (χ0) is 30.8. The van der Waals surface area contributed by atoms with Gasteiger partial charge in [0.1, 0.15) is 0 Å². The van der Waals surface area contributed by atoms with Crippen molar-refractivity contribution in [2.24, 2.45) is 0 Å². The van der Waals surface area contributed by atoms with E-state index < -0.39 is 0 Å². The van der Waals surface area contributed by atoms with E-state index >= 15 is 0 Å². The molecular formula is C40H70. The molecule has 0 atom stereocenters. The van der Waals surface area contributed by atoms with Crippen LogP contribution in [0.1, 0.15) is 162 Å². The summed E-state index contributed by atoms with van der Waals surface area (Å²) < 4.78 is 0. The number of benzene rings is 3. The predicted molar refractivity (Wildman–Crippen MR) is 191 cm³/mol. The van der Waals surface area contributed by atoms with Gasteiger partial charge in [-0.25, -0.2) is 0 Å². The van der Waals surface area contributed by atoms with Crippen molar-refractivity contribution in [1.82, 2.24) is 0 Å². The molecule has 0 aromatic heterocycles. The molecule has 0 saturated carbocycles. The highest BCUT2D eigenvalue weighted by atomic mass is 14.1. The molecule has 0 N–H and O–H groups in total. The van der Waals surface area contributed by atoms with Gasteiger partial charge in [0, 0.05) is 0 Å². The summed E-state index contributed by atoms with van der Waals surface area (Å²) in [6, 6.07) is 26.4. The van der Waals surface area contributed by atoms with E-state index in [1.807, 2.05) is 41.5 Å². The van der Waals surface area contributed by atoms with Crippen molar-refractivity contribution in [3.05, 3.63) is 106 Å². The number of aryl methyl sites for hydroxylation is 3. The first-order chi connectivity index (χ1) is 18.7. The molecule has 0 bridgehead atoms. The lowest BCUT2D eigenvalue weighted by Gasteiger charge is -2.09. The Morgan fingerprint density at radius 3 is 1.30 bits per heavy atom. The van der Waals surface area contributed by atoms with Crippen LogP contribution >= 0.6 is 0 Å². The molecule has 0 spiro atoms. The van der Waals surface area contributed by atoms with Gasteiger partial charge in [-0.05, 0) is 70.4 Å². The molecule has 0 saturated heterocycles. The summed E-state index contributed by atoms with van der Waals surface area (Å²) in [6.07, 6.45) is 3.42. The molecule has 3 rings (SSSR count). The third-order valence-corrected chi connectivity index (χ3v) is 6.14. The van der Waals surface area contributed by atoms with Crippen LogP contribution in [0.4, 0.5) is 0 Å². The predicted octanol–water partition coefficient (Wildman–Crippen LogP) is 13.8. The zero-order valence-electron chi connectivity index (χ0n) is 28.8. The summed E-state index contributed by atoms with van der Waals surface area (Å²) in [5.41, 5.74) is 8.73. The van der Waals surface area contributed by atoms with Crippen LogP contribution in [-0.4, -0.2) is 0 Å². The second-order valence-corrected chi connectivity index (χ2v) is 9.71. The third-order valence-electron chi connectivity index (χ3n) is 6.14. The number of rotatable bonds is 6. The normalized spacial score (nSPS) is 9.15. The first-order valence-corrected chi connectivity index (χ1v) is 16.0. The van der Waals surface area contributed by atoms with E-state index in [2.05, 4.69) is 135 Å². The van der Waals surface area contributed by atoms with Crippen molar-refractivity contribution in [1.29, 1.82) is 0 Å². The lowest BCUT2D eigenvalue weighted by Crippen LogP contribution is -1.93. The fourth-order valence-electron chi connectivity index (χ4n) is 3.73. The first-order valence-electron chi connectivity index (χ1n) is 16.0. The van der Waals surface area contributed by atoms with Gasteiger partial charge in [-0.2, -0.15) is 0 Å². The quantitative estimate of drug-likeness (QED) is 0.286. The van der Waals surface area contributed by atoms with Crippen LogP contribution < -0.4 is 0 Å². The minimum Gasteiger partial charge on any atom is -0.0776 e. The highest BCUT2D eigenvalue weighted by molar-refractivity contribution is 5.29. The Hall–Kier alpha value is -2.34. The molecule has 0 heteroatoms. The van der Waals surface area contributed by atoms with Crippen molar-refractivity contribution in [2.45, 2.75) is 148 Å². The van der Waals surface area contributed by atoms with Gasteiger partial charge in [0.25, 0.3) is 0 Å². The van der Waals surface area contributed by atoms with Gasteiger partial charge >= 0.3 is 0 Å². The van der Waals surface area contributed by atoms with E-state index in [9.17, 15) is 0 Å². The maximum atomic E-state index is 2.30. The molecule has 0 heterocycles. The van der Waals surface area contributed by atoms with E-state index in [4.69, 9.17) is 0 Å². The summed E-state index contributed by atoms with van der Waals surface area (Å²) in [5.74, 6) is 1.97. The zero-order valence-corrected chi connectivity index (χ0v) is 28.8. The maximum absolute atomic E-state index is 2.30. The lowest BCUT2D eigenvalue weighted by atomic mass is 9.96. The maximum Gasteiger partial charge on any atom is -0.0216 e. The fourth-order valence-corrected chi connectivity index (χ4v) is 3.73. The summed E-state index contributed by atoms with van der Waals surface area (Å²) in [4.78, 5) is 0. The molecule has 40 heavy (non-hydrogen) atoms. The van der Waals surface area contributed by atoms with Crippen molar-refractivity contribution in [3.8, 4) is 0 Å². The van der Waals surface area contributed by atoms with Crippen LogP contribution in [0.2, 0.25) is 0 Å². The highest BCUT2D eigenvalue weighted by Crippen LogP contribution is 2.19. The molecule has 0 aliphatic carbocycles. The van der Waals surface area contributed by atoms with Gasteiger partial charge in [0.05, 0.1) is 0 Å². The van der Waals surface area contributed by atoms with E-state index in [1.54, 1.807) is 0 Å².